The van der Waals surface area contributed by atoms with Gasteiger partial charge in [0.15, 0.2) is 0 Å². The minimum atomic E-state index is -1.13. The number of rotatable bonds is 8. The molecule has 0 radical (unpaired) electrons. The van der Waals surface area contributed by atoms with Crippen molar-refractivity contribution in [2.24, 2.45) is 0 Å². The molecule has 0 atom stereocenters. The first-order valence-electron chi connectivity index (χ1n) is 5.13. The van der Waals surface area contributed by atoms with Crippen LogP contribution in [-0.4, -0.2) is 36.6 Å². The number of nitrogens with zero attached hydrogens (tertiary/aromatic N) is 1. The highest BCUT2D eigenvalue weighted by Crippen LogP contribution is 2.45. The lowest BCUT2D eigenvalue weighted by atomic mass is 10.5. The Morgan fingerprint density at radius 1 is 1.14 bits per heavy atom. The standard InChI is InChI=1S/C11H22NPS/c1-5-9-12(10-6-2)11-13(14,7-3)8-4/h5-6H,1-2,7-11H2,3-4H3. The summed E-state index contributed by atoms with van der Waals surface area (Å²) in [5.74, 6) is 0. The van der Waals surface area contributed by atoms with Crippen LogP contribution in [0.1, 0.15) is 13.8 Å². The summed E-state index contributed by atoms with van der Waals surface area (Å²) in [6.45, 7) is 13.8. The molecule has 0 aliphatic heterocycles. The molecule has 0 saturated heterocycles. The Kier molecular flexibility index (Phi) is 7.44. The van der Waals surface area contributed by atoms with Gasteiger partial charge in [-0.15, -0.1) is 13.2 Å². The van der Waals surface area contributed by atoms with Gasteiger partial charge in [-0.2, -0.15) is 0 Å². The minimum absolute atomic E-state index is 0.921. The van der Waals surface area contributed by atoms with E-state index >= 15 is 0 Å². The molecule has 82 valence electrons. The van der Waals surface area contributed by atoms with Crippen LogP contribution in [-0.2, 0) is 11.8 Å². The van der Waals surface area contributed by atoms with Crippen molar-refractivity contribution in [1.82, 2.24) is 4.90 Å². The third kappa shape index (κ3) is 5.09. The highest BCUT2D eigenvalue weighted by Gasteiger charge is 2.15. The molecule has 0 rings (SSSR count). The predicted octanol–water partition coefficient (Wildman–Crippen LogP) is 3.14. The van der Waals surface area contributed by atoms with Gasteiger partial charge in [-0.3, -0.25) is 4.90 Å². The van der Waals surface area contributed by atoms with Gasteiger partial charge in [-0.25, -0.2) is 0 Å². The summed E-state index contributed by atoms with van der Waals surface area (Å²) in [4.78, 5) is 2.34. The molecule has 0 aromatic carbocycles. The second-order valence-electron chi connectivity index (χ2n) is 3.45. The summed E-state index contributed by atoms with van der Waals surface area (Å²) in [5, 5.41) is 0. The predicted molar refractivity (Wildman–Crippen MR) is 72.2 cm³/mol. The minimum Gasteiger partial charge on any atom is -0.291 e. The molecule has 0 amide bonds. The van der Waals surface area contributed by atoms with Gasteiger partial charge in [0.1, 0.15) is 0 Å². The maximum atomic E-state index is 5.71. The van der Waals surface area contributed by atoms with Gasteiger partial charge in [0.2, 0.25) is 0 Å². The molecule has 0 bridgehead atoms. The lowest BCUT2D eigenvalue weighted by Gasteiger charge is -2.27. The Bertz CT molecular complexity index is 207. The Morgan fingerprint density at radius 2 is 1.57 bits per heavy atom. The van der Waals surface area contributed by atoms with Crippen LogP contribution >= 0.6 is 6.04 Å². The van der Waals surface area contributed by atoms with Crippen molar-refractivity contribution in [1.29, 1.82) is 0 Å². The zero-order valence-corrected chi connectivity index (χ0v) is 11.1. The highest BCUT2D eigenvalue weighted by molar-refractivity contribution is 8.14. The average Bonchev–Trinajstić information content (AvgIpc) is 2.18. The van der Waals surface area contributed by atoms with Crippen LogP contribution in [0.2, 0.25) is 0 Å². The fraction of sp³-hybridized carbons (Fsp3) is 0.636. The largest absolute Gasteiger partial charge is 0.291 e. The van der Waals surface area contributed by atoms with E-state index in [0.29, 0.717) is 0 Å². The molecule has 14 heavy (non-hydrogen) atoms. The first-order valence-corrected chi connectivity index (χ1v) is 8.49. The molecular formula is C11H22NPS. The molecule has 0 N–H and O–H groups in total. The second kappa shape index (κ2) is 7.39. The molecule has 0 aliphatic carbocycles. The summed E-state index contributed by atoms with van der Waals surface area (Å²) >= 11 is 5.71. The third-order valence-corrected chi connectivity index (χ3v) is 7.50. The molecular weight excluding hydrogens is 209 g/mol. The quantitative estimate of drug-likeness (QED) is 0.466. The van der Waals surface area contributed by atoms with Gasteiger partial charge in [0, 0.05) is 19.4 Å². The summed E-state index contributed by atoms with van der Waals surface area (Å²) < 4.78 is 0. The summed E-state index contributed by atoms with van der Waals surface area (Å²) in [6.07, 6.45) is 7.25. The van der Waals surface area contributed by atoms with Crippen LogP contribution in [0.3, 0.4) is 0 Å². The molecule has 0 heterocycles. The van der Waals surface area contributed by atoms with E-state index in [2.05, 4.69) is 31.9 Å². The molecule has 0 fully saturated rings. The monoisotopic (exact) mass is 231 g/mol. The second-order valence-corrected chi connectivity index (χ2v) is 9.43. The lowest BCUT2D eigenvalue weighted by molar-refractivity contribution is 0.392. The third-order valence-electron chi connectivity index (χ3n) is 2.38. The molecule has 0 saturated carbocycles. The Balaban J connectivity index is 4.31. The topological polar surface area (TPSA) is 3.24 Å². The van der Waals surface area contributed by atoms with Gasteiger partial charge in [-0.05, 0) is 18.4 Å². The summed E-state index contributed by atoms with van der Waals surface area (Å²) in [7, 11) is 0. The van der Waals surface area contributed by atoms with E-state index < -0.39 is 6.04 Å². The molecule has 1 nitrogen and oxygen atoms in total. The van der Waals surface area contributed by atoms with Gasteiger partial charge < -0.3 is 0 Å². The van der Waals surface area contributed by atoms with E-state index in [9.17, 15) is 0 Å². The van der Waals surface area contributed by atoms with Crippen LogP contribution in [0.4, 0.5) is 0 Å². The zero-order valence-electron chi connectivity index (χ0n) is 9.41. The van der Waals surface area contributed by atoms with Crippen LogP contribution in [0.15, 0.2) is 25.3 Å². The number of hydrogen-bond donors (Lipinski definition) is 0. The van der Waals surface area contributed by atoms with Gasteiger partial charge in [-0.1, -0.05) is 37.8 Å². The molecule has 0 aliphatic rings. The van der Waals surface area contributed by atoms with Crippen molar-refractivity contribution >= 4 is 17.8 Å². The molecule has 0 aromatic rings. The van der Waals surface area contributed by atoms with Crippen LogP contribution in [0.5, 0.6) is 0 Å². The first-order chi connectivity index (χ1) is 6.61. The van der Waals surface area contributed by atoms with Gasteiger partial charge >= 0.3 is 0 Å². The van der Waals surface area contributed by atoms with E-state index in [0.717, 1.165) is 31.7 Å². The first kappa shape index (κ1) is 14.1. The van der Waals surface area contributed by atoms with Crippen molar-refractivity contribution < 1.29 is 0 Å². The maximum Gasteiger partial charge on any atom is 0.0282 e. The van der Waals surface area contributed by atoms with Crippen molar-refractivity contribution in [2.75, 3.05) is 31.7 Å². The summed E-state index contributed by atoms with van der Waals surface area (Å²) in [6, 6.07) is -1.13. The van der Waals surface area contributed by atoms with Crippen molar-refractivity contribution in [3.63, 3.8) is 0 Å². The normalized spacial score (nSPS) is 11.6. The van der Waals surface area contributed by atoms with Crippen molar-refractivity contribution in [3.05, 3.63) is 25.3 Å². The van der Waals surface area contributed by atoms with Crippen molar-refractivity contribution in [3.8, 4) is 0 Å². The van der Waals surface area contributed by atoms with E-state index in [4.69, 9.17) is 11.8 Å². The van der Waals surface area contributed by atoms with Crippen LogP contribution in [0, 0.1) is 0 Å². The van der Waals surface area contributed by atoms with Crippen molar-refractivity contribution in [2.45, 2.75) is 13.8 Å². The smallest absolute Gasteiger partial charge is 0.0282 e. The Morgan fingerprint density at radius 3 is 1.86 bits per heavy atom. The molecule has 3 heteroatoms. The maximum absolute atomic E-state index is 5.71. The van der Waals surface area contributed by atoms with Gasteiger partial charge in [0.25, 0.3) is 0 Å². The fourth-order valence-corrected chi connectivity index (χ4v) is 3.64. The number of hydrogen-bond acceptors (Lipinski definition) is 2. The molecule has 0 aromatic heterocycles. The lowest BCUT2D eigenvalue weighted by Crippen LogP contribution is -2.26. The highest BCUT2D eigenvalue weighted by atomic mass is 32.4. The van der Waals surface area contributed by atoms with E-state index in [1.165, 1.54) is 0 Å². The van der Waals surface area contributed by atoms with E-state index in [-0.39, 0.29) is 0 Å². The Hall–Kier alpha value is 0.0900. The zero-order chi connectivity index (χ0) is 11.0. The van der Waals surface area contributed by atoms with Crippen LogP contribution in [0.25, 0.3) is 0 Å². The van der Waals surface area contributed by atoms with E-state index in [1.807, 2.05) is 12.2 Å². The van der Waals surface area contributed by atoms with Gasteiger partial charge in [0.05, 0.1) is 0 Å². The molecule has 0 spiro atoms. The van der Waals surface area contributed by atoms with Crippen LogP contribution < -0.4 is 0 Å². The SMILES string of the molecule is C=CCN(CC=C)CP(=S)(CC)CC. The van der Waals surface area contributed by atoms with E-state index in [1.54, 1.807) is 0 Å². The average molecular weight is 231 g/mol. The fourth-order valence-electron chi connectivity index (χ4n) is 1.34. The Labute approximate surface area is 93.9 Å². The summed E-state index contributed by atoms with van der Waals surface area (Å²) in [5.41, 5.74) is 0. The molecule has 0 unspecified atom stereocenters.